The average Bonchev–Trinajstić information content (AvgIpc) is 2.21. The van der Waals surface area contributed by atoms with Crippen molar-refractivity contribution in [1.82, 2.24) is 5.32 Å². The SMILES string of the molecule is CCCNC(CN)c1ccc(Cl)cc1Cl. The highest BCUT2D eigenvalue weighted by atomic mass is 35.5. The summed E-state index contributed by atoms with van der Waals surface area (Å²) in [5, 5.41) is 4.66. The van der Waals surface area contributed by atoms with Gasteiger partial charge < -0.3 is 11.1 Å². The maximum Gasteiger partial charge on any atom is 0.0469 e. The number of hydrogen-bond acceptors (Lipinski definition) is 2. The molecule has 0 fully saturated rings. The lowest BCUT2D eigenvalue weighted by Crippen LogP contribution is -2.28. The fraction of sp³-hybridized carbons (Fsp3) is 0.455. The van der Waals surface area contributed by atoms with Gasteiger partial charge in [0.2, 0.25) is 0 Å². The molecule has 4 heteroatoms. The molecule has 2 nitrogen and oxygen atoms in total. The minimum Gasteiger partial charge on any atom is -0.329 e. The Morgan fingerprint density at radius 1 is 1.40 bits per heavy atom. The van der Waals surface area contributed by atoms with Gasteiger partial charge in [0.05, 0.1) is 0 Å². The number of nitrogens with two attached hydrogens (primary N) is 1. The summed E-state index contributed by atoms with van der Waals surface area (Å²) in [4.78, 5) is 0. The van der Waals surface area contributed by atoms with E-state index < -0.39 is 0 Å². The molecule has 0 saturated carbocycles. The Morgan fingerprint density at radius 2 is 2.13 bits per heavy atom. The van der Waals surface area contributed by atoms with Gasteiger partial charge in [0.15, 0.2) is 0 Å². The molecule has 84 valence electrons. The Bertz CT molecular complexity index is 315. The van der Waals surface area contributed by atoms with Gasteiger partial charge in [0, 0.05) is 22.6 Å². The summed E-state index contributed by atoms with van der Waals surface area (Å²) < 4.78 is 0. The van der Waals surface area contributed by atoms with Crippen LogP contribution in [0.15, 0.2) is 18.2 Å². The first-order valence-corrected chi connectivity index (χ1v) is 5.83. The summed E-state index contributed by atoms with van der Waals surface area (Å²) in [6, 6.07) is 5.60. The molecule has 1 aromatic carbocycles. The van der Waals surface area contributed by atoms with Crippen LogP contribution in [0.2, 0.25) is 10.0 Å². The second-order valence-electron chi connectivity index (χ2n) is 3.41. The van der Waals surface area contributed by atoms with E-state index in [0.29, 0.717) is 16.6 Å². The number of hydrogen-bond donors (Lipinski definition) is 2. The van der Waals surface area contributed by atoms with Crippen molar-refractivity contribution in [2.24, 2.45) is 5.73 Å². The molecule has 1 unspecified atom stereocenters. The standard InChI is InChI=1S/C11H16Cl2N2/c1-2-5-15-11(7-14)9-4-3-8(12)6-10(9)13/h3-4,6,11,15H,2,5,7,14H2,1H3. The highest BCUT2D eigenvalue weighted by Crippen LogP contribution is 2.25. The quantitative estimate of drug-likeness (QED) is 0.839. The molecule has 0 aliphatic heterocycles. The molecular formula is C11H16Cl2N2. The van der Waals surface area contributed by atoms with Gasteiger partial charge in [-0.05, 0) is 30.7 Å². The zero-order valence-electron chi connectivity index (χ0n) is 8.76. The van der Waals surface area contributed by atoms with Crippen LogP contribution >= 0.6 is 23.2 Å². The van der Waals surface area contributed by atoms with Gasteiger partial charge in [-0.3, -0.25) is 0 Å². The first-order chi connectivity index (χ1) is 7.19. The molecule has 15 heavy (non-hydrogen) atoms. The highest BCUT2D eigenvalue weighted by molar-refractivity contribution is 6.35. The maximum absolute atomic E-state index is 6.10. The van der Waals surface area contributed by atoms with Crippen molar-refractivity contribution < 1.29 is 0 Å². The van der Waals surface area contributed by atoms with Gasteiger partial charge in [-0.15, -0.1) is 0 Å². The van der Waals surface area contributed by atoms with Crippen LogP contribution in [0.3, 0.4) is 0 Å². The maximum atomic E-state index is 6.10. The van der Waals surface area contributed by atoms with Crippen LogP contribution in [0.5, 0.6) is 0 Å². The van der Waals surface area contributed by atoms with Crippen molar-refractivity contribution in [3.63, 3.8) is 0 Å². The van der Waals surface area contributed by atoms with E-state index in [9.17, 15) is 0 Å². The van der Waals surface area contributed by atoms with E-state index in [0.717, 1.165) is 18.5 Å². The van der Waals surface area contributed by atoms with Crippen molar-refractivity contribution in [1.29, 1.82) is 0 Å². The smallest absolute Gasteiger partial charge is 0.0469 e. The molecule has 1 atom stereocenters. The fourth-order valence-corrected chi connectivity index (χ4v) is 1.96. The highest BCUT2D eigenvalue weighted by Gasteiger charge is 2.12. The molecule has 0 aliphatic rings. The zero-order valence-corrected chi connectivity index (χ0v) is 10.3. The van der Waals surface area contributed by atoms with Crippen LogP contribution in [0.4, 0.5) is 0 Å². The lowest BCUT2D eigenvalue weighted by atomic mass is 10.1. The van der Waals surface area contributed by atoms with E-state index in [4.69, 9.17) is 28.9 Å². The summed E-state index contributed by atoms with van der Waals surface area (Å²) in [5.41, 5.74) is 6.71. The minimum atomic E-state index is 0.106. The lowest BCUT2D eigenvalue weighted by Gasteiger charge is -2.18. The molecule has 1 rings (SSSR count). The summed E-state index contributed by atoms with van der Waals surface area (Å²) in [7, 11) is 0. The zero-order chi connectivity index (χ0) is 11.3. The Morgan fingerprint density at radius 3 is 2.67 bits per heavy atom. The summed E-state index contributed by atoms with van der Waals surface area (Å²) >= 11 is 11.9. The first-order valence-electron chi connectivity index (χ1n) is 5.07. The summed E-state index contributed by atoms with van der Waals surface area (Å²) in [6.07, 6.45) is 1.07. The monoisotopic (exact) mass is 246 g/mol. The largest absolute Gasteiger partial charge is 0.329 e. The van der Waals surface area contributed by atoms with Gasteiger partial charge in [-0.2, -0.15) is 0 Å². The Balaban J connectivity index is 2.81. The number of nitrogens with one attached hydrogen (secondary N) is 1. The topological polar surface area (TPSA) is 38.0 Å². The van der Waals surface area contributed by atoms with Crippen LogP contribution in [0.1, 0.15) is 24.9 Å². The van der Waals surface area contributed by atoms with Crippen molar-refractivity contribution in [3.8, 4) is 0 Å². The second-order valence-corrected chi connectivity index (χ2v) is 4.25. The van der Waals surface area contributed by atoms with Crippen LogP contribution in [-0.4, -0.2) is 13.1 Å². The van der Waals surface area contributed by atoms with Gasteiger partial charge in [-0.1, -0.05) is 36.2 Å². The average molecular weight is 247 g/mol. The lowest BCUT2D eigenvalue weighted by molar-refractivity contribution is 0.540. The van der Waals surface area contributed by atoms with Gasteiger partial charge >= 0.3 is 0 Å². The van der Waals surface area contributed by atoms with E-state index in [1.807, 2.05) is 12.1 Å². The first kappa shape index (κ1) is 12.8. The third kappa shape index (κ3) is 3.65. The van der Waals surface area contributed by atoms with Crippen molar-refractivity contribution in [2.45, 2.75) is 19.4 Å². The minimum absolute atomic E-state index is 0.106. The van der Waals surface area contributed by atoms with E-state index in [2.05, 4.69) is 12.2 Å². The molecule has 0 spiro atoms. The van der Waals surface area contributed by atoms with E-state index >= 15 is 0 Å². The number of rotatable bonds is 5. The summed E-state index contributed by atoms with van der Waals surface area (Å²) in [6.45, 7) is 3.58. The Hall–Kier alpha value is -0.280. The molecule has 0 heterocycles. The van der Waals surface area contributed by atoms with Gasteiger partial charge in [-0.25, -0.2) is 0 Å². The molecule has 0 radical (unpaired) electrons. The van der Waals surface area contributed by atoms with E-state index in [1.54, 1.807) is 6.07 Å². The summed E-state index contributed by atoms with van der Waals surface area (Å²) in [5.74, 6) is 0. The molecular weight excluding hydrogens is 231 g/mol. The van der Waals surface area contributed by atoms with Crippen LogP contribution in [0.25, 0.3) is 0 Å². The molecule has 0 bridgehead atoms. The van der Waals surface area contributed by atoms with Crippen LogP contribution in [0, 0.1) is 0 Å². The predicted molar refractivity (Wildman–Crippen MR) is 66.6 cm³/mol. The Labute approximate surface area is 101 Å². The third-order valence-electron chi connectivity index (χ3n) is 2.21. The number of halogens is 2. The normalized spacial score (nSPS) is 12.8. The van der Waals surface area contributed by atoms with E-state index in [1.165, 1.54) is 0 Å². The van der Waals surface area contributed by atoms with Crippen LogP contribution in [-0.2, 0) is 0 Å². The van der Waals surface area contributed by atoms with Crippen LogP contribution < -0.4 is 11.1 Å². The second kappa shape index (κ2) is 6.33. The molecule has 1 aromatic rings. The molecule has 0 aromatic heterocycles. The fourth-order valence-electron chi connectivity index (χ4n) is 1.42. The van der Waals surface area contributed by atoms with E-state index in [-0.39, 0.29) is 6.04 Å². The molecule has 3 N–H and O–H groups in total. The van der Waals surface area contributed by atoms with Gasteiger partial charge in [0.1, 0.15) is 0 Å². The predicted octanol–water partition coefficient (Wildman–Crippen LogP) is 2.99. The van der Waals surface area contributed by atoms with Gasteiger partial charge in [0.25, 0.3) is 0 Å². The van der Waals surface area contributed by atoms with Crippen molar-refractivity contribution in [3.05, 3.63) is 33.8 Å². The molecule has 0 amide bonds. The molecule has 0 saturated heterocycles. The van der Waals surface area contributed by atoms with Crippen molar-refractivity contribution >= 4 is 23.2 Å². The third-order valence-corrected chi connectivity index (χ3v) is 2.78. The number of benzene rings is 1. The van der Waals surface area contributed by atoms with Crippen molar-refractivity contribution in [2.75, 3.05) is 13.1 Å². The Kier molecular flexibility index (Phi) is 5.40. The molecule has 0 aliphatic carbocycles.